The van der Waals surface area contributed by atoms with Crippen LogP contribution in [0.25, 0.3) is 11.5 Å². The monoisotopic (exact) mass is 287 g/mol. The van der Waals surface area contributed by atoms with Gasteiger partial charge in [0, 0.05) is 28.0 Å². The molecule has 0 atom stereocenters. The van der Waals surface area contributed by atoms with Crippen LogP contribution in [0, 0.1) is 6.92 Å². The van der Waals surface area contributed by atoms with Gasteiger partial charge in [0.25, 0.3) is 5.89 Å². The Kier molecular flexibility index (Phi) is 3.11. The minimum Gasteiger partial charge on any atom is -0.399 e. The van der Waals surface area contributed by atoms with E-state index in [-0.39, 0.29) is 0 Å². The smallest absolute Gasteiger partial charge is 0.258 e. The van der Waals surface area contributed by atoms with Crippen molar-refractivity contribution in [3.8, 4) is 11.5 Å². The van der Waals surface area contributed by atoms with Crippen molar-refractivity contribution in [2.45, 2.75) is 13.3 Å². The normalized spacial score (nSPS) is 10.8. The first kappa shape index (κ1) is 12.6. The van der Waals surface area contributed by atoms with Gasteiger partial charge in [-0.1, -0.05) is 5.16 Å². The van der Waals surface area contributed by atoms with Crippen molar-refractivity contribution in [2.75, 3.05) is 11.5 Å². The van der Waals surface area contributed by atoms with Crippen molar-refractivity contribution in [1.82, 2.24) is 15.1 Å². The molecule has 0 unspecified atom stereocenters. The molecule has 0 aliphatic carbocycles. The summed E-state index contributed by atoms with van der Waals surface area (Å²) in [5.74, 6) is 1.00. The summed E-state index contributed by atoms with van der Waals surface area (Å²) in [5, 5.41) is 6.91. The Bertz CT molecular complexity index is 729. The van der Waals surface area contributed by atoms with Gasteiger partial charge in [-0.3, -0.25) is 0 Å². The SMILES string of the molecule is Cc1csc(Cc2noc(-c3cc(N)cc(N)c3)n2)n1. The molecule has 102 valence electrons. The molecular weight excluding hydrogens is 274 g/mol. The van der Waals surface area contributed by atoms with Gasteiger partial charge in [0.15, 0.2) is 5.82 Å². The van der Waals surface area contributed by atoms with Crippen LogP contribution in [0.3, 0.4) is 0 Å². The molecule has 0 saturated carbocycles. The maximum atomic E-state index is 5.75. The number of thiazole rings is 1. The fourth-order valence-corrected chi connectivity index (χ4v) is 2.63. The summed E-state index contributed by atoms with van der Waals surface area (Å²) in [4.78, 5) is 8.72. The Labute approximate surface area is 119 Å². The van der Waals surface area contributed by atoms with Crippen molar-refractivity contribution in [1.29, 1.82) is 0 Å². The first-order valence-electron chi connectivity index (χ1n) is 6.00. The highest BCUT2D eigenvalue weighted by molar-refractivity contribution is 7.09. The minimum atomic E-state index is 0.410. The molecule has 2 aromatic heterocycles. The average molecular weight is 287 g/mol. The third kappa shape index (κ3) is 2.62. The Hall–Kier alpha value is -2.41. The zero-order valence-corrected chi connectivity index (χ0v) is 11.6. The molecule has 0 saturated heterocycles. The molecule has 6 nitrogen and oxygen atoms in total. The van der Waals surface area contributed by atoms with Crippen molar-refractivity contribution in [2.24, 2.45) is 0 Å². The minimum absolute atomic E-state index is 0.410. The van der Waals surface area contributed by atoms with E-state index in [0.717, 1.165) is 16.3 Å². The summed E-state index contributed by atoms with van der Waals surface area (Å²) < 4.78 is 5.24. The summed E-state index contributed by atoms with van der Waals surface area (Å²) in [7, 11) is 0. The molecule has 2 heterocycles. The number of benzene rings is 1. The number of rotatable bonds is 3. The Morgan fingerprint density at radius 2 is 1.90 bits per heavy atom. The zero-order chi connectivity index (χ0) is 14.1. The second kappa shape index (κ2) is 4.93. The first-order chi connectivity index (χ1) is 9.60. The van der Waals surface area contributed by atoms with Crippen LogP contribution in [0.15, 0.2) is 28.1 Å². The number of nitrogens with zero attached hydrogens (tertiary/aromatic N) is 3. The quantitative estimate of drug-likeness (QED) is 0.716. The molecule has 0 radical (unpaired) electrons. The van der Waals surface area contributed by atoms with Crippen LogP contribution in [-0.4, -0.2) is 15.1 Å². The summed E-state index contributed by atoms with van der Waals surface area (Å²) in [6, 6.07) is 5.18. The topological polar surface area (TPSA) is 104 Å². The van der Waals surface area contributed by atoms with Crippen LogP contribution in [0.2, 0.25) is 0 Å². The summed E-state index contributed by atoms with van der Waals surface area (Å²) in [6.07, 6.45) is 0.555. The first-order valence-corrected chi connectivity index (χ1v) is 6.88. The lowest BCUT2D eigenvalue weighted by Gasteiger charge is -1.99. The molecule has 3 rings (SSSR count). The molecule has 0 aliphatic rings. The number of hydrogen-bond donors (Lipinski definition) is 2. The number of hydrogen-bond acceptors (Lipinski definition) is 7. The van der Waals surface area contributed by atoms with Gasteiger partial charge in [-0.25, -0.2) is 4.98 Å². The molecule has 0 fully saturated rings. The largest absolute Gasteiger partial charge is 0.399 e. The average Bonchev–Trinajstić information content (AvgIpc) is 2.98. The van der Waals surface area contributed by atoms with Crippen LogP contribution in [0.1, 0.15) is 16.5 Å². The van der Waals surface area contributed by atoms with E-state index < -0.39 is 0 Å². The molecular formula is C13H13N5OS. The van der Waals surface area contributed by atoms with E-state index in [9.17, 15) is 0 Å². The van der Waals surface area contributed by atoms with Gasteiger partial charge in [0.2, 0.25) is 0 Å². The fraction of sp³-hybridized carbons (Fsp3) is 0.154. The lowest BCUT2D eigenvalue weighted by Crippen LogP contribution is -1.92. The zero-order valence-electron chi connectivity index (χ0n) is 10.8. The summed E-state index contributed by atoms with van der Waals surface area (Å²) in [5.41, 5.74) is 14.4. The van der Waals surface area contributed by atoms with E-state index >= 15 is 0 Å². The van der Waals surface area contributed by atoms with Crippen molar-refractivity contribution < 1.29 is 4.52 Å². The van der Waals surface area contributed by atoms with E-state index in [1.165, 1.54) is 0 Å². The molecule has 20 heavy (non-hydrogen) atoms. The number of aryl methyl sites for hydroxylation is 1. The van der Waals surface area contributed by atoms with Gasteiger partial charge in [0.05, 0.1) is 6.42 Å². The maximum Gasteiger partial charge on any atom is 0.258 e. The molecule has 3 aromatic rings. The number of aromatic nitrogens is 3. The highest BCUT2D eigenvalue weighted by Gasteiger charge is 2.11. The third-order valence-electron chi connectivity index (χ3n) is 2.67. The summed E-state index contributed by atoms with van der Waals surface area (Å²) in [6.45, 7) is 1.96. The van der Waals surface area contributed by atoms with Gasteiger partial charge in [-0.05, 0) is 25.1 Å². The third-order valence-corrected chi connectivity index (χ3v) is 3.64. The van der Waals surface area contributed by atoms with Crippen LogP contribution in [0.5, 0.6) is 0 Å². The molecule has 7 heteroatoms. The number of nitrogens with two attached hydrogens (primary N) is 2. The van der Waals surface area contributed by atoms with Gasteiger partial charge >= 0.3 is 0 Å². The van der Waals surface area contributed by atoms with E-state index in [1.54, 1.807) is 29.5 Å². The molecule has 0 bridgehead atoms. The van der Waals surface area contributed by atoms with E-state index in [4.69, 9.17) is 16.0 Å². The fourth-order valence-electron chi connectivity index (χ4n) is 1.86. The van der Waals surface area contributed by atoms with Crippen molar-refractivity contribution in [3.63, 3.8) is 0 Å². The van der Waals surface area contributed by atoms with Crippen molar-refractivity contribution >= 4 is 22.7 Å². The van der Waals surface area contributed by atoms with E-state index in [0.29, 0.717) is 29.5 Å². The van der Waals surface area contributed by atoms with Crippen molar-refractivity contribution in [3.05, 3.63) is 40.1 Å². The number of nitrogen functional groups attached to an aromatic ring is 2. The Balaban J connectivity index is 1.86. The Morgan fingerprint density at radius 3 is 2.55 bits per heavy atom. The maximum absolute atomic E-state index is 5.75. The molecule has 0 spiro atoms. The van der Waals surface area contributed by atoms with E-state index in [1.807, 2.05) is 12.3 Å². The van der Waals surface area contributed by atoms with Crippen LogP contribution in [0.4, 0.5) is 11.4 Å². The van der Waals surface area contributed by atoms with Gasteiger partial charge in [-0.2, -0.15) is 4.98 Å². The number of anilines is 2. The Morgan fingerprint density at radius 1 is 1.15 bits per heavy atom. The predicted octanol–water partition coefficient (Wildman–Crippen LogP) is 2.26. The highest BCUT2D eigenvalue weighted by atomic mass is 32.1. The highest BCUT2D eigenvalue weighted by Crippen LogP contribution is 2.24. The second-order valence-corrected chi connectivity index (χ2v) is 5.41. The molecule has 4 N–H and O–H groups in total. The van der Waals surface area contributed by atoms with E-state index in [2.05, 4.69) is 15.1 Å². The molecule has 0 amide bonds. The lowest BCUT2D eigenvalue weighted by molar-refractivity contribution is 0.424. The van der Waals surface area contributed by atoms with Crippen LogP contribution >= 0.6 is 11.3 Å². The molecule has 0 aliphatic heterocycles. The summed E-state index contributed by atoms with van der Waals surface area (Å²) >= 11 is 1.58. The second-order valence-electron chi connectivity index (χ2n) is 4.46. The molecule has 1 aromatic carbocycles. The standard InChI is InChI=1S/C13H13N5OS/c1-7-6-20-12(16-7)5-11-17-13(19-18-11)8-2-9(14)4-10(15)3-8/h2-4,6H,5,14-15H2,1H3. The lowest BCUT2D eigenvalue weighted by atomic mass is 10.2. The van der Waals surface area contributed by atoms with Gasteiger partial charge in [0.1, 0.15) is 5.01 Å². The van der Waals surface area contributed by atoms with Gasteiger partial charge in [-0.15, -0.1) is 11.3 Å². The van der Waals surface area contributed by atoms with Crippen LogP contribution in [-0.2, 0) is 6.42 Å². The van der Waals surface area contributed by atoms with Crippen LogP contribution < -0.4 is 11.5 Å². The predicted molar refractivity (Wildman–Crippen MR) is 78.2 cm³/mol. The van der Waals surface area contributed by atoms with Gasteiger partial charge < -0.3 is 16.0 Å².